The maximum Gasteiger partial charge on any atom is 0.103 e. The zero-order valence-corrected chi connectivity index (χ0v) is 10.8. The van der Waals surface area contributed by atoms with E-state index < -0.39 is 0 Å². The molecule has 88 valence electrons. The van der Waals surface area contributed by atoms with Gasteiger partial charge in [0, 0.05) is 17.1 Å². The molecule has 2 heteroatoms. The van der Waals surface area contributed by atoms with E-state index in [1.54, 1.807) is 4.90 Å². The molecule has 1 nitrogen and oxygen atoms in total. The van der Waals surface area contributed by atoms with Crippen molar-refractivity contribution >= 4 is 22.5 Å². The molecule has 2 aromatic rings. The molecule has 0 aliphatic carbocycles. The quantitative estimate of drug-likeness (QED) is 0.846. The van der Waals surface area contributed by atoms with Crippen molar-refractivity contribution in [3.05, 3.63) is 48.0 Å². The summed E-state index contributed by atoms with van der Waals surface area (Å²) < 4.78 is 0. The Bertz CT molecular complexity index is 498. The van der Waals surface area contributed by atoms with E-state index in [-0.39, 0.29) is 0 Å². The molecule has 0 saturated carbocycles. The molecule has 0 atom stereocenters. The van der Waals surface area contributed by atoms with E-state index in [9.17, 15) is 0 Å². The third-order valence-corrected chi connectivity index (χ3v) is 4.51. The maximum atomic E-state index is 2.29. The second kappa shape index (κ2) is 5.11. The minimum absolute atomic E-state index is 1.18. The lowest BCUT2D eigenvalue weighted by Crippen LogP contribution is -3.12. The molecule has 3 rings (SSSR count). The van der Waals surface area contributed by atoms with Crippen LogP contribution in [-0.2, 0) is 6.54 Å². The molecule has 0 amide bonds. The van der Waals surface area contributed by atoms with Gasteiger partial charge in [0.15, 0.2) is 0 Å². The van der Waals surface area contributed by atoms with Crippen LogP contribution in [0.1, 0.15) is 5.56 Å². The fourth-order valence-corrected chi connectivity index (χ4v) is 3.62. The Balaban J connectivity index is 1.89. The van der Waals surface area contributed by atoms with Crippen LogP contribution in [0.3, 0.4) is 0 Å². The second-order valence-electron chi connectivity index (χ2n) is 4.68. The van der Waals surface area contributed by atoms with Gasteiger partial charge in [0.25, 0.3) is 0 Å². The summed E-state index contributed by atoms with van der Waals surface area (Å²) in [5, 5.41) is 2.80. The van der Waals surface area contributed by atoms with Crippen LogP contribution >= 0.6 is 11.8 Å². The van der Waals surface area contributed by atoms with E-state index in [0.29, 0.717) is 0 Å². The Hall–Kier alpha value is -0.990. The van der Waals surface area contributed by atoms with Gasteiger partial charge in [-0.2, -0.15) is 11.8 Å². The Kier molecular flexibility index (Phi) is 3.34. The molecule has 1 N–H and O–H groups in total. The van der Waals surface area contributed by atoms with Crippen LogP contribution < -0.4 is 4.90 Å². The van der Waals surface area contributed by atoms with Crippen molar-refractivity contribution < 1.29 is 4.90 Å². The van der Waals surface area contributed by atoms with Gasteiger partial charge >= 0.3 is 0 Å². The Morgan fingerprint density at radius 2 is 1.71 bits per heavy atom. The number of hydrogen-bond donors (Lipinski definition) is 1. The van der Waals surface area contributed by atoms with Crippen LogP contribution in [-0.4, -0.2) is 24.6 Å². The van der Waals surface area contributed by atoms with Crippen molar-refractivity contribution in [1.82, 2.24) is 0 Å². The molecule has 17 heavy (non-hydrogen) atoms. The first-order chi connectivity index (χ1) is 8.43. The van der Waals surface area contributed by atoms with E-state index in [0.717, 1.165) is 0 Å². The molecule has 0 bridgehead atoms. The van der Waals surface area contributed by atoms with E-state index in [1.165, 1.54) is 47.5 Å². The van der Waals surface area contributed by atoms with Gasteiger partial charge in [0.2, 0.25) is 0 Å². The van der Waals surface area contributed by atoms with Gasteiger partial charge in [-0.3, -0.25) is 0 Å². The third kappa shape index (κ3) is 2.48. The number of rotatable bonds is 2. The molecule has 1 heterocycles. The van der Waals surface area contributed by atoms with Crippen molar-refractivity contribution in [2.75, 3.05) is 24.6 Å². The number of hydrogen-bond acceptors (Lipinski definition) is 1. The standard InChI is InChI=1S/C15H17NS/c1-2-7-15-13(4-1)5-3-6-14(15)12-16-8-10-17-11-9-16/h1-7H,8-12H2/p+1. The highest BCUT2D eigenvalue weighted by molar-refractivity contribution is 7.99. The summed E-state index contributed by atoms with van der Waals surface area (Å²) >= 11 is 2.09. The number of thioether (sulfide) groups is 1. The molecule has 0 aromatic heterocycles. The summed E-state index contributed by atoms with van der Waals surface area (Å²) in [5.74, 6) is 2.64. The molecule has 1 saturated heterocycles. The van der Waals surface area contributed by atoms with Crippen LogP contribution in [0.15, 0.2) is 42.5 Å². The fourth-order valence-electron chi connectivity index (χ4n) is 2.55. The van der Waals surface area contributed by atoms with Gasteiger partial charge < -0.3 is 4.90 Å². The van der Waals surface area contributed by atoms with Gasteiger partial charge in [-0.15, -0.1) is 0 Å². The Labute approximate surface area is 107 Å². The second-order valence-corrected chi connectivity index (χ2v) is 5.90. The SMILES string of the molecule is c1ccc2c(C[NH+]3CCSCC3)cccc2c1. The van der Waals surface area contributed by atoms with Crippen molar-refractivity contribution in [3.63, 3.8) is 0 Å². The fraction of sp³-hybridized carbons (Fsp3) is 0.333. The van der Waals surface area contributed by atoms with Crippen LogP contribution in [0.25, 0.3) is 10.8 Å². The summed E-state index contributed by atoms with van der Waals surface area (Å²) in [6, 6.07) is 15.4. The average molecular weight is 244 g/mol. The molecule has 1 fully saturated rings. The number of nitrogens with one attached hydrogen (secondary N) is 1. The van der Waals surface area contributed by atoms with Gasteiger partial charge in [0.05, 0.1) is 13.1 Å². The predicted molar refractivity (Wildman–Crippen MR) is 75.7 cm³/mol. The molecule has 1 aliphatic rings. The highest BCUT2D eigenvalue weighted by atomic mass is 32.2. The Morgan fingerprint density at radius 1 is 0.941 bits per heavy atom. The molecule has 0 unspecified atom stereocenters. The maximum absolute atomic E-state index is 2.29. The molecule has 0 radical (unpaired) electrons. The van der Waals surface area contributed by atoms with Crippen molar-refractivity contribution in [1.29, 1.82) is 0 Å². The van der Waals surface area contributed by atoms with Gasteiger partial charge in [-0.05, 0) is 10.8 Å². The topological polar surface area (TPSA) is 4.44 Å². The highest BCUT2D eigenvalue weighted by Crippen LogP contribution is 2.17. The largest absolute Gasteiger partial charge is 0.330 e. The smallest absolute Gasteiger partial charge is 0.103 e. The predicted octanol–water partition coefficient (Wildman–Crippen LogP) is 1.97. The molecular weight excluding hydrogens is 226 g/mol. The lowest BCUT2D eigenvalue weighted by atomic mass is 10.0. The lowest BCUT2D eigenvalue weighted by molar-refractivity contribution is -0.910. The first-order valence-electron chi connectivity index (χ1n) is 6.31. The third-order valence-electron chi connectivity index (χ3n) is 3.52. The minimum atomic E-state index is 1.18. The lowest BCUT2D eigenvalue weighted by Gasteiger charge is -2.23. The first kappa shape index (κ1) is 11.1. The van der Waals surface area contributed by atoms with Gasteiger partial charge in [0.1, 0.15) is 6.54 Å². The van der Waals surface area contributed by atoms with Crippen molar-refractivity contribution in [3.8, 4) is 0 Å². The van der Waals surface area contributed by atoms with E-state index in [2.05, 4.69) is 54.2 Å². The van der Waals surface area contributed by atoms with Crippen molar-refractivity contribution in [2.45, 2.75) is 6.54 Å². The molecule has 0 spiro atoms. The van der Waals surface area contributed by atoms with Crippen LogP contribution in [0, 0.1) is 0 Å². The average Bonchev–Trinajstić information content (AvgIpc) is 2.40. The first-order valence-corrected chi connectivity index (χ1v) is 7.47. The van der Waals surface area contributed by atoms with Crippen LogP contribution in [0.5, 0.6) is 0 Å². The number of quaternary nitrogens is 1. The number of fused-ring (bicyclic) bond motifs is 1. The van der Waals surface area contributed by atoms with E-state index in [1.807, 2.05) is 0 Å². The monoisotopic (exact) mass is 244 g/mol. The summed E-state index contributed by atoms with van der Waals surface area (Å²) in [6.45, 7) is 3.81. The zero-order chi connectivity index (χ0) is 11.5. The summed E-state index contributed by atoms with van der Waals surface area (Å²) in [4.78, 5) is 1.74. The van der Waals surface area contributed by atoms with Gasteiger partial charge in [-0.25, -0.2) is 0 Å². The Morgan fingerprint density at radius 3 is 2.59 bits per heavy atom. The van der Waals surface area contributed by atoms with Crippen LogP contribution in [0.2, 0.25) is 0 Å². The molecule has 2 aromatic carbocycles. The van der Waals surface area contributed by atoms with Crippen molar-refractivity contribution in [2.24, 2.45) is 0 Å². The van der Waals surface area contributed by atoms with Gasteiger partial charge in [-0.1, -0.05) is 42.5 Å². The highest BCUT2D eigenvalue weighted by Gasteiger charge is 2.15. The van der Waals surface area contributed by atoms with E-state index >= 15 is 0 Å². The molecule has 1 aliphatic heterocycles. The normalized spacial score (nSPS) is 17.4. The summed E-state index contributed by atoms with van der Waals surface area (Å²) in [5.41, 5.74) is 1.50. The number of benzene rings is 2. The zero-order valence-electron chi connectivity index (χ0n) is 9.99. The molecular formula is C15H18NS+. The van der Waals surface area contributed by atoms with Crippen LogP contribution in [0.4, 0.5) is 0 Å². The minimum Gasteiger partial charge on any atom is -0.330 e. The summed E-state index contributed by atoms with van der Waals surface area (Å²) in [6.07, 6.45) is 0. The van der Waals surface area contributed by atoms with E-state index in [4.69, 9.17) is 0 Å². The summed E-state index contributed by atoms with van der Waals surface area (Å²) in [7, 11) is 0.